The number of amides is 2. The van der Waals surface area contributed by atoms with Crippen molar-refractivity contribution < 1.29 is 19.1 Å². The average Bonchev–Trinajstić information content (AvgIpc) is 3.47. The summed E-state index contributed by atoms with van der Waals surface area (Å²) in [6.45, 7) is 3.35. The van der Waals surface area contributed by atoms with Crippen molar-refractivity contribution in [3.8, 4) is 22.8 Å². The molecule has 0 saturated heterocycles. The zero-order valence-electron chi connectivity index (χ0n) is 20.2. The third-order valence-corrected chi connectivity index (χ3v) is 6.79. The fraction of sp³-hybridized carbons (Fsp3) is 0.296. The van der Waals surface area contributed by atoms with E-state index >= 15 is 0 Å². The standard InChI is InChI=1S/C27H27N5O4/c1-17(18-7-8-23-24(13-18)36-12-11-35-23)28-25(33)16-31-26-14-21(29-32(26)10-9-27(31)34)20-15-30(2)22-6-4-3-5-19(20)22/h3-8,13-15,17H,9-12,16H2,1-2H3,(H,28,33)/t17-/m0/s1. The number of benzene rings is 2. The van der Waals surface area contributed by atoms with E-state index in [0.29, 0.717) is 43.5 Å². The van der Waals surface area contributed by atoms with Gasteiger partial charge in [0.2, 0.25) is 11.8 Å². The number of anilines is 1. The average molecular weight is 486 g/mol. The predicted octanol–water partition coefficient (Wildman–Crippen LogP) is 3.43. The van der Waals surface area contributed by atoms with E-state index in [0.717, 1.165) is 27.7 Å². The van der Waals surface area contributed by atoms with Crippen molar-refractivity contribution in [1.82, 2.24) is 19.7 Å². The van der Waals surface area contributed by atoms with Gasteiger partial charge in [-0.3, -0.25) is 14.5 Å². The number of para-hydroxylation sites is 1. The van der Waals surface area contributed by atoms with E-state index in [-0.39, 0.29) is 24.4 Å². The number of hydrogen-bond acceptors (Lipinski definition) is 5. The van der Waals surface area contributed by atoms with Crippen LogP contribution in [0.4, 0.5) is 5.82 Å². The molecule has 0 aliphatic carbocycles. The maximum Gasteiger partial charge on any atom is 0.240 e. The molecule has 2 amide bonds. The number of hydrogen-bond donors (Lipinski definition) is 1. The summed E-state index contributed by atoms with van der Waals surface area (Å²) in [5.41, 5.74) is 3.80. The third-order valence-electron chi connectivity index (χ3n) is 6.79. The van der Waals surface area contributed by atoms with Crippen LogP contribution in [0.2, 0.25) is 0 Å². The quantitative estimate of drug-likeness (QED) is 0.468. The van der Waals surface area contributed by atoms with Crippen LogP contribution in [0.3, 0.4) is 0 Å². The van der Waals surface area contributed by atoms with Gasteiger partial charge in [0.1, 0.15) is 25.6 Å². The van der Waals surface area contributed by atoms with Gasteiger partial charge in [-0.1, -0.05) is 24.3 Å². The lowest BCUT2D eigenvalue weighted by molar-refractivity contribution is -0.124. The van der Waals surface area contributed by atoms with Crippen LogP contribution in [-0.2, 0) is 23.2 Å². The second-order valence-electron chi connectivity index (χ2n) is 9.20. The van der Waals surface area contributed by atoms with Crippen LogP contribution in [0.15, 0.2) is 54.7 Å². The number of aromatic nitrogens is 3. The van der Waals surface area contributed by atoms with Crippen LogP contribution in [0, 0.1) is 0 Å². The summed E-state index contributed by atoms with van der Waals surface area (Å²) in [6, 6.07) is 15.4. The molecule has 0 unspecified atom stereocenters. The molecule has 4 aromatic rings. The summed E-state index contributed by atoms with van der Waals surface area (Å²) in [6.07, 6.45) is 2.35. The Hall–Kier alpha value is -4.27. The van der Waals surface area contributed by atoms with Gasteiger partial charge in [0.15, 0.2) is 11.5 Å². The van der Waals surface area contributed by atoms with Crippen molar-refractivity contribution in [3.63, 3.8) is 0 Å². The topological polar surface area (TPSA) is 90.6 Å². The fourth-order valence-corrected chi connectivity index (χ4v) is 4.94. The Morgan fingerprint density at radius 2 is 1.92 bits per heavy atom. The van der Waals surface area contributed by atoms with Crippen LogP contribution >= 0.6 is 0 Å². The van der Waals surface area contributed by atoms with Gasteiger partial charge in [-0.05, 0) is 30.7 Å². The van der Waals surface area contributed by atoms with E-state index in [1.807, 2.05) is 61.2 Å². The highest BCUT2D eigenvalue weighted by molar-refractivity contribution is 6.00. The molecule has 9 heteroatoms. The lowest BCUT2D eigenvalue weighted by Crippen LogP contribution is -2.44. The van der Waals surface area contributed by atoms with Crippen molar-refractivity contribution in [2.45, 2.75) is 25.9 Å². The van der Waals surface area contributed by atoms with E-state index in [1.165, 1.54) is 4.90 Å². The van der Waals surface area contributed by atoms with Crippen molar-refractivity contribution in [2.24, 2.45) is 7.05 Å². The van der Waals surface area contributed by atoms with Gasteiger partial charge >= 0.3 is 0 Å². The number of carbonyl (C=O) groups excluding carboxylic acids is 2. The van der Waals surface area contributed by atoms with Crippen molar-refractivity contribution in [2.75, 3.05) is 24.7 Å². The highest BCUT2D eigenvalue weighted by Crippen LogP contribution is 2.34. The largest absolute Gasteiger partial charge is 0.486 e. The summed E-state index contributed by atoms with van der Waals surface area (Å²) in [5.74, 6) is 1.69. The van der Waals surface area contributed by atoms with E-state index < -0.39 is 0 Å². The minimum absolute atomic E-state index is 0.0750. The van der Waals surface area contributed by atoms with Gasteiger partial charge in [0, 0.05) is 42.2 Å². The minimum atomic E-state index is -0.260. The highest BCUT2D eigenvalue weighted by Gasteiger charge is 2.29. The van der Waals surface area contributed by atoms with Gasteiger partial charge in [0.25, 0.3) is 0 Å². The number of nitrogens with one attached hydrogen (secondary N) is 1. The number of aryl methyl sites for hydroxylation is 2. The Morgan fingerprint density at radius 1 is 1.11 bits per heavy atom. The first-order valence-corrected chi connectivity index (χ1v) is 12.1. The number of fused-ring (bicyclic) bond motifs is 3. The Labute approximate surface area is 208 Å². The molecule has 0 bridgehead atoms. The van der Waals surface area contributed by atoms with Crippen LogP contribution in [0.1, 0.15) is 24.9 Å². The molecular weight excluding hydrogens is 458 g/mol. The molecule has 0 radical (unpaired) electrons. The Bertz CT molecular complexity index is 1490. The summed E-state index contributed by atoms with van der Waals surface area (Å²) in [4.78, 5) is 27.4. The molecule has 36 heavy (non-hydrogen) atoms. The maximum atomic E-state index is 13.0. The Morgan fingerprint density at radius 3 is 2.78 bits per heavy atom. The van der Waals surface area contributed by atoms with E-state index in [9.17, 15) is 9.59 Å². The molecule has 9 nitrogen and oxygen atoms in total. The van der Waals surface area contributed by atoms with Crippen LogP contribution in [0.5, 0.6) is 11.5 Å². The molecular formula is C27H27N5O4. The zero-order chi connectivity index (χ0) is 24.8. The molecule has 0 spiro atoms. The molecule has 6 rings (SSSR count). The highest BCUT2D eigenvalue weighted by atomic mass is 16.6. The van der Waals surface area contributed by atoms with Crippen molar-refractivity contribution in [3.05, 3.63) is 60.3 Å². The maximum absolute atomic E-state index is 13.0. The molecule has 2 aliphatic heterocycles. The third kappa shape index (κ3) is 3.86. The molecule has 4 heterocycles. The van der Waals surface area contributed by atoms with Crippen molar-refractivity contribution >= 4 is 28.5 Å². The molecule has 184 valence electrons. The van der Waals surface area contributed by atoms with Crippen LogP contribution < -0.4 is 19.7 Å². The van der Waals surface area contributed by atoms with Crippen LogP contribution in [-0.4, -0.2) is 45.9 Å². The van der Waals surface area contributed by atoms with E-state index in [2.05, 4.69) is 22.0 Å². The fourth-order valence-electron chi connectivity index (χ4n) is 4.94. The smallest absolute Gasteiger partial charge is 0.240 e. The molecule has 2 aromatic heterocycles. The molecule has 0 fully saturated rings. The second kappa shape index (κ2) is 8.75. The monoisotopic (exact) mass is 485 g/mol. The zero-order valence-corrected chi connectivity index (χ0v) is 20.2. The minimum Gasteiger partial charge on any atom is -0.486 e. The van der Waals surface area contributed by atoms with Gasteiger partial charge in [0.05, 0.1) is 18.3 Å². The summed E-state index contributed by atoms with van der Waals surface area (Å²) >= 11 is 0. The normalized spacial score (nSPS) is 15.6. The first kappa shape index (κ1) is 22.2. The molecule has 2 aliphatic rings. The van der Waals surface area contributed by atoms with Gasteiger partial charge < -0.3 is 19.4 Å². The summed E-state index contributed by atoms with van der Waals surface area (Å²) in [5, 5.41) is 8.88. The number of nitrogens with zero attached hydrogens (tertiary/aromatic N) is 4. The summed E-state index contributed by atoms with van der Waals surface area (Å²) in [7, 11) is 2.00. The van der Waals surface area contributed by atoms with E-state index in [1.54, 1.807) is 0 Å². The molecule has 0 saturated carbocycles. The second-order valence-corrected chi connectivity index (χ2v) is 9.20. The lowest BCUT2D eigenvalue weighted by atomic mass is 10.1. The summed E-state index contributed by atoms with van der Waals surface area (Å²) < 4.78 is 15.1. The predicted molar refractivity (Wildman–Crippen MR) is 135 cm³/mol. The SMILES string of the molecule is C[C@H](NC(=O)CN1C(=O)CCn2nc(-c3cn(C)c4ccccc34)cc21)c1ccc2c(c1)OCCO2. The Balaban J connectivity index is 1.22. The molecule has 1 N–H and O–H groups in total. The first-order valence-electron chi connectivity index (χ1n) is 12.1. The van der Waals surface area contributed by atoms with E-state index in [4.69, 9.17) is 14.6 Å². The van der Waals surface area contributed by atoms with Gasteiger partial charge in [-0.25, -0.2) is 4.68 Å². The number of ether oxygens (including phenoxy) is 2. The van der Waals surface area contributed by atoms with Gasteiger partial charge in [-0.2, -0.15) is 5.10 Å². The molecule has 1 atom stereocenters. The van der Waals surface area contributed by atoms with Crippen LogP contribution in [0.25, 0.3) is 22.2 Å². The number of carbonyl (C=O) groups is 2. The van der Waals surface area contributed by atoms with Crippen molar-refractivity contribution in [1.29, 1.82) is 0 Å². The van der Waals surface area contributed by atoms with Gasteiger partial charge in [-0.15, -0.1) is 0 Å². The Kier molecular flexibility index (Phi) is 5.40. The number of rotatable bonds is 5. The molecule has 2 aromatic carbocycles. The lowest BCUT2D eigenvalue weighted by Gasteiger charge is -2.27. The first-order chi connectivity index (χ1) is 17.5.